The molecule has 6 nitrogen and oxygen atoms in total. The zero-order valence-electron chi connectivity index (χ0n) is 12.3. The Bertz CT molecular complexity index is 310. The fourth-order valence-electron chi connectivity index (χ4n) is 2.33. The van der Waals surface area contributed by atoms with Crippen molar-refractivity contribution in [2.24, 2.45) is 5.73 Å². The summed E-state index contributed by atoms with van der Waals surface area (Å²) >= 11 is 0. The number of hydrogen-bond acceptors (Lipinski definition) is 4. The molecule has 1 unspecified atom stereocenters. The van der Waals surface area contributed by atoms with Gasteiger partial charge in [0.25, 0.3) is 0 Å². The Labute approximate surface area is 120 Å². The van der Waals surface area contributed by atoms with Gasteiger partial charge in [-0.2, -0.15) is 0 Å². The molecule has 2 N–H and O–H groups in total. The lowest BCUT2D eigenvalue weighted by Crippen LogP contribution is -2.39. The van der Waals surface area contributed by atoms with Crippen molar-refractivity contribution in [2.75, 3.05) is 13.2 Å². The molecule has 0 bridgehead atoms. The first-order valence-electron chi connectivity index (χ1n) is 7.54. The van der Waals surface area contributed by atoms with Gasteiger partial charge in [0.2, 0.25) is 0 Å². The molecule has 0 radical (unpaired) electrons. The number of rotatable bonds is 8. The Morgan fingerprint density at radius 1 is 1.20 bits per heavy atom. The molecule has 0 aromatic rings. The van der Waals surface area contributed by atoms with Crippen molar-refractivity contribution in [2.45, 2.75) is 64.5 Å². The van der Waals surface area contributed by atoms with Gasteiger partial charge in [0.05, 0.1) is 6.61 Å². The molecule has 1 atom stereocenters. The first-order valence-corrected chi connectivity index (χ1v) is 7.54. The molecule has 1 rings (SSSR count). The smallest absolute Gasteiger partial charge is 0.412 e. The Kier molecular flexibility index (Phi) is 7.84. The number of hydrogen-bond donors (Lipinski definition) is 1. The van der Waals surface area contributed by atoms with Gasteiger partial charge in [-0.3, -0.25) is 4.90 Å². The van der Waals surface area contributed by atoms with E-state index in [9.17, 15) is 9.59 Å². The lowest BCUT2D eigenvalue weighted by Gasteiger charge is -2.22. The Hall–Kier alpha value is -1.46. The third kappa shape index (κ3) is 6.12. The molecule has 1 aliphatic heterocycles. The number of carbonyl (C=O) groups excluding carboxylic acids is 2. The highest BCUT2D eigenvalue weighted by Gasteiger charge is 2.32. The van der Waals surface area contributed by atoms with E-state index < -0.39 is 18.4 Å². The van der Waals surface area contributed by atoms with Crippen LogP contribution in [0.5, 0.6) is 0 Å². The largest absolute Gasteiger partial charge is 0.449 e. The Balaban J connectivity index is 2.13. The topological polar surface area (TPSA) is 81.9 Å². The number of primary amides is 1. The zero-order chi connectivity index (χ0) is 14.8. The summed E-state index contributed by atoms with van der Waals surface area (Å²) in [5, 5.41) is 0. The number of unbranched alkanes of at least 4 members (excludes halogenated alkanes) is 5. The fourth-order valence-corrected chi connectivity index (χ4v) is 2.33. The number of amides is 2. The van der Waals surface area contributed by atoms with E-state index in [0.29, 0.717) is 19.6 Å². The highest BCUT2D eigenvalue weighted by molar-refractivity contribution is 5.69. The van der Waals surface area contributed by atoms with Crippen molar-refractivity contribution in [1.29, 1.82) is 0 Å². The molecule has 1 heterocycles. The van der Waals surface area contributed by atoms with Gasteiger partial charge in [0.15, 0.2) is 6.23 Å². The van der Waals surface area contributed by atoms with Crippen molar-refractivity contribution in [3.05, 3.63) is 0 Å². The van der Waals surface area contributed by atoms with Gasteiger partial charge in [-0.25, -0.2) is 9.59 Å². The van der Waals surface area contributed by atoms with Gasteiger partial charge < -0.3 is 15.2 Å². The monoisotopic (exact) mass is 286 g/mol. The Morgan fingerprint density at radius 2 is 1.90 bits per heavy atom. The highest BCUT2D eigenvalue weighted by Crippen LogP contribution is 2.19. The van der Waals surface area contributed by atoms with Crippen molar-refractivity contribution < 1.29 is 19.1 Å². The van der Waals surface area contributed by atoms with Crippen molar-refractivity contribution in [3.8, 4) is 0 Å². The minimum atomic E-state index is -0.856. The second-order valence-electron chi connectivity index (χ2n) is 5.11. The first-order chi connectivity index (χ1) is 9.65. The average molecular weight is 286 g/mol. The maximum atomic E-state index is 11.8. The quantitative estimate of drug-likeness (QED) is 0.695. The lowest BCUT2D eigenvalue weighted by molar-refractivity contribution is 0.0117. The summed E-state index contributed by atoms with van der Waals surface area (Å²) in [5.74, 6) is 0. The molecule has 0 aromatic carbocycles. The third-order valence-electron chi connectivity index (χ3n) is 3.41. The van der Waals surface area contributed by atoms with Crippen LogP contribution >= 0.6 is 0 Å². The average Bonchev–Trinajstić information content (AvgIpc) is 2.84. The van der Waals surface area contributed by atoms with E-state index in [-0.39, 0.29) is 0 Å². The molecule has 1 saturated heterocycles. The van der Waals surface area contributed by atoms with Crippen LogP contribution in [0.2, 0.25) is 0 Å². The number of nitrogens with zero attached hydrogens (tertiary/aromatic N) is 1. The lowest BCUT2D eigenvalue weighted by atomic mass is 10.1. The first kappa shape index (κ1) is 16.6. The number of ether oxygens (including phenoxy) is 2. The van der Waals surface area contributed by atoms with E-state index in [1.807, 2.05) is 0 Å². The summed E-state index contributed by atoms with van der Waals surface area (Å²) in [4.78, 5) is 24.0. The molecular formula is C14H26N2O4. The summed E-state index contributed by atoms with van der Waals surface area (Å²) in [7, 11) is 0. The second kappa shape index (κ2) is 9.44. The van der Waals surface area contributed by atoms with Gasteiger partial charge in [-0.1, -0.05) is 39.0 Å². The van der Waals surface area contributed by atoms with Gasteiger partial charge in [0, 0.05) is 13.0 Å². The number of carbonyl (C=O) groups is 2. The molecule has 20 heavy (non-hydrogen) atoms. The third-order valence-corrected chi connectivity index (χ3v) is 3.41. The van der Waals surface area contributed by atoms with E-state index in [0.717, 1.165) is 19.3 Å². The summed E-state index contributed by atoms with van der Waals surface area (Å²) in [6.45, 7) is 3.15. The second-order valence-corrected chi connectivity index (χ2v) is 5.11. The van der Waals surface area contributed by atoms with Crippen LogP contribution in [0, 0.1) is 0 Å². The molecule has 116 valence electrons. The van der Waals surface area contributed by atoms with E-state index in [1.165, 1.54) is 30.6 Å². The molecule has 0 saturated carbocycles. The van der Waals surface area contributed by atoms with Crippen LogP contribution in [0.15, 0.2) is 0 Å². The molecule has 1 fully saturated rings. The normalized spacial score (nSPS) is 18.1. The summed E-state index contributed by atoms with van der Waals surface area (Å²) in [6.07, 6.45) is 6.45. The van der Waals surface area contributed by atoms with Gasteiger partial charge in [-0.15, -0.1) is 0 Å². The van der Waals surface area contributed by atoms with Crippen molar-refractivity contribution in [3.63, 3.8) is 0 Å². The number of likely N-dealkylation sites (tertiary alicyclic amines) is 1. The van der Waals surface area contributed by atoms with E-state index >= 15 is 0 Å². The molecule has 0 aromatic heterocycles. The summed E-state index contributed by atoms with van der Waals surface area (Å²) in [5.41, 5.74) is 4.97. The van der Waals surface area contributed by atoms with Crippen LogP contribution in [0.1, 0.15) is 58.3 Å². The minimum Gasteiger partial charge on any atom is -0.449 e. The molecule has 0 spiro atoms. The van der Waals surface area contributed by atoms with Crippen LogP contribution < -0.4 is 5.73 Å². The van der Waals surface area contributed by atoms with Gasteiger partial charge in [-0.05, 0) is 12.8 Å². The summed E-state index contributed by atoms with van der Waals surface area (Å²) in [6, 6.07) is 0. The van der Waals surface area contributed by atoms with Crippen LogP contribution in [-0.4, -0.2) is 36.5 Å². The van der Waals surface area contributed by atoms with Crippen molar-refractivity contribution in [1.82, 2.24) is 4.90 Å². The molecular weight excluding hydrogens is 260 g/mol. The van der Waals surface area contributed by atoms with Gasteiger partial charge >= 0.3 is 12.2 Å². The maximum absolute atomic E-state index is 11.8. The van der Waals surface area contributed by atoms with Gasteiger partial charge in [0.1, 0.15) is 0 Å². The SMILES string of the molecule is CCCCCCCCOC(=O)N1CCCC1OC(N)=O. The van der Waals surface area contributed by atoms with E-state index in [4.69, 9.17) is 15.2 Å². The predicted octanol–water partition coefficient (Wildman–Crippen LogP) is 3.00. The maximum Gasteiger partial charge on any atom is 0.412 e. The van der Waals surface area contributed by atoms with Crippen LogP contribution in [0.3, 0.4) is 0 Å². The van der Waals surface area contributed by atoms with Crippen LogP contribution in [-0.2, 0) is 9.47 Å². The zero-order valence-corrected chi connectivity index (χ0v) is 12.3. The summed E-state index contributed by atoms with van der Waals surface area (Å²) < 4.78 is 10.1. The number of nitrogens with two attached hydrogens (primary N) is 1. The fraction of sp³-hybridized carbons (Fsp3) is 0.857. The minimum absolute atomic E-state index is 0.415. The van der Waals surface area contributed by atoms with E-state index in [2.05, 4.69) is 6.92 Å². The molecule has 2 amide bonds. The predicted molar refractivity (Wildman–Crippen MR) is 75.1 cm³/mol. The van der Waals surface area contributed by atoms with E-state index in [1.54, 1.807) is 0 Å². The Morgan fingerprint density at radius 3 is 2.60 bits per heavy atom. The standard InChI is InChI=1S/C14H26N2O4/c1-2-3-4-5-6-7-11-19-14(18)16-10-8-9-12(16)20-13(15)17/h12H,2-11H2,1H3,(H2,15,17). The highest BCUT2D eigenvalue weighted by atomic mass is 16.6. The van der Waals surface area contributed by atoms with Crippen molar-refractivity contribution >= 4 is 12.2 Å². The van der Waals surface area contributed by atoms with Crippen LogP contribution in [0.4, 0.5) is 9.59 Å². The molecule has 0 aliphatic carbocycles. The molecule has 6 heteroatoms. The molecule has 1 aliphatic rings. The van der Waals surface area contributed by atoms with Crippen LogP contribution in [0.25, 0.3) is 0 Å².